The molecule has 20 N–H and O–H groups in total. The Morgan fingerprint density at radius 1 is 0.504 bits per heavy atom. The number of carboxylic acid groups (broad SMARTS) is 1. The van der Waals surface area contributed by atoms with Gasteiger partial charge in [-0.15, -0.1) is 0 Å². The van der Waals surface area contributed by atoms with Gasteiger partial charge in [0.05, 0.1) is 88.1 Å². The van der Waals surface area contributed by atoms with Crippen molar-refractivity contribution in [2.75, 3.05) is 46.8 Å². The molecule has 5 aliphatic carbocycles. The molecule has 42 atom stereocenters. The fraction of sp³-hybridized carbons (Fsp3) is 0.838. The summed E-state index contributed by atoms with van der Waals surface area (Å²) < 4.78 is 98.9. The third kappa shape index (κ3) is 16.4. The lowest BCUT2D eigenvalue weighted by molar-refractivity contribution is -0.398. The van der Waals surface area contributed by atoms with Gasteiger partial charge in [-0.3, -0.25) is 9.59 Å². The van der Waals surface area contributed by atoms with Gasteiger partial charge in [-0.05, 0) is 143 Å². The van der Waals surface area contributed by atoms with Crippen molar-refractivity contribution >= 4 is 24.0 Å². The number of esters is 2. The van der Waals surface area contributed by atoms with Gasteiger partial charge in [-0.2, -0.15) is 0 Å². The Kier molecular flexibility index (Phi) is 27.5. The quantitative estimate of drug-likeness (QED) is 0.0211. The van der Waals surface area contributed by atoms with Crippen LogP contribution in [0.3, 0.4) is 0 Å². The molecule has 12 aliphatic rings. The first-order chi connectivity index (χ1) is 56.1. The van der Waals surface area contributed by atoms with E-state index in [0.717, 1.165) is 11.6 Å². The summed E-state index contributed by atoms with van der Waals surface area (Å²) in [5, 5.41) is 224. The van der Waals surface area contributed by atoms with Crippen LogP contribution in [0.25, 0.3) is 6.08 Å². The maximum Gasteiger partial charge on any atom is 0.331 e. The molecule has 0 aromatic heterocycles. The van der Waals surface area contributed by atoms with Crippen LogP contribution in [0.1, 0.15) is 119 Å². The zero-order valence-electron chi connectivity index (χ0n) is 67.6. The molecule has 1 aromatic rings. The predicted molar refractivity (Wildman–Crippen MR) is 395 cm³/mol. The summed E-state index contributed by atoms with van der Waals surface area (Å²) in [7, 11) is 1.47. The number of hydrogen-bond donors (Lipinski definition) is 20. The summed E-state index contributed by atoms with van der Waals surface area (Å²) >= 11 is 0. The van der Waals surface area contributed by atoms with Crippen molar-refractivity contribution in [2.45, 2.75) is 322 Å². The van der Waals surface area contributed by atoms with E-state index in [0.29, 0.717) is 30.6 Å². The van der Waals surface area contributed by atoms with Crippen molar-refractivity contribution in [3.8, 4) is 5.75 Å². The van der Waals surface area contributed by atoms with Crippen molar-refractivity contribution in [2.24, 2.45) is 50.2 Å². The number of fused-ring (bicyclic) bond motifs is 7. The first-order valence-electron chi connectivity index (χ1n) is 40.9. The normalized spacial score (nSPS) is 50.5. The Hall–Kier alpha value is -4.37. The van der Waals surface area contributed by atoms with Crippen molar-refractivity contribution in [3.63, 3.8) is 0 Å². The van der Waals surface area contributed by atoms with Crippen LogP contribution in [0.5, 0.6) is 5.75 Å². The third-order valence-electron chi connectivity index (χ3n) is 28.8. The number of benzene rings is 1. The van der Waals surface area contributed by atoms with E-state index < -0.39 is 316 Å². The van der Waals surface area contributed by atoms with Gasteiger partial charge in [0.15, 0.2) is 49.9 Å². The Balaban J connectivity index is 0.858. The molecular formula is C80H120O39. The highest BCUT2D eigenvalue weighted by Gasteiger charge is 2.74. The van der Waals surface area contributed by atoms with E-state index >= 15 is 4.79 Å². The zero-order valence-corrected chi connectivity index (χ0v) is 67.6. The van der Waals surface area contributed by atoms with Crippen LogP contribution in [0, 0.1) is 50.2 Å². The molecule has 0 spiro atoms. The number of methoxy groups -OCH3 is 1. The maximum absolute atomic E-state index is 16.7. The van der Waals surface area contributed by atoms with Crippen LogP contribution >= 0.6 is 0 Å². The van der Waals surface area contributed by atoms with E-state index in [1.807, 2.05) is 26.8 Å². The molecule has 7 aliphatic heterocycles. The molecular weight excluding hydrogens is 1580 g/mol. The molecule has 11 fully saturated rings. The highest BCUT2D eigenvalue weighted by molar-refractivity contribution is 5.87. The summed E-state index contributed by atoms with van der Waals surface area (Å²) in [6.45, 7) is 9.06. The minimum absolute atomic E-state index is 0.0290. The topological polar surface area (TPSA) is 603 Å². The summed E-state index contributed by atoms with van der Waals surface area (Å²) in [6.07, 6.45) is -54.0. The summed E-state index contributed by atoms with van der Waals surface area (Å²) in [4.78, 5) is 45.0. The summed E-state index contributed by atoms with van der Waals surface area (Å²) in [5.74, 6) is -4.74. The molecule has 674 valence electrons. The van der Waals surface area contributed by atoms with Gasteiger partial charge in [-0.25, -0.2) is 4.79 Å². The Morgan fingerprint density at radius 3 is 1.65 bits per heavy atom. The van der Waals surface area contributed by atoms with Crippen LogP contribution < -0.4 is 4.74 Å². The van der Waals surface area contributed by atoms with Gasteiger partial charge in [0, 0.05) is 11.5 Å². The second-order valence-corrected chi connectivity index (χ2v) is 36.2. The highest BCUT2D eigenvalue weighted by Crippen LogP contribution is 2.76. The molecule has 1 aromatic carbocycles. The van der Waals surface area contributed by atoms with Crippen LogP contribution in [-0.4, -0.2) is 375 Å². The van der Waals surface area contributed by atoms with Gasteiger partial charge in [0.2, 0.25) is 6.29 Å². The predicted octanol–water partition coefficient (Wildman–Crippen LogP) is -4.92. The lowest BCUT2D eigenvalue weighted by atomic mass is 9.33. The molecule has 119 heavy (non-hydrogen) atoms. The molecule has 7 heterocycles. The number of carboxylic acids is 1. The van der Waals surface area contributed by atoms with Crippen LogP contribution in [0.15, 0.2) is 42.0 Å². The fourth-order valence-corrected chi connectivity index (χ4v) is 21.5. The van der Waals surface area contributed by atoms with Crippen LogP contribution in [0.4, 0.5) is 0 Å². The highest BCUT2D eigenvalue weighted by atomic mass is 16.8. The molecule has 13 rings (SSSR count). The smallest absolute Gasteiger partial charge is 0.331 e. The fourth-order valence-electron chi connectivity index (χ4n) is 21.5. The van der Waals surface area contributed by atoms with Gasteiger partial charge in [0.1, 0.15) is 127 Å². The van der Waals surface area contributed by atoms with Crippen molar-refractivity contribution < 1.29 is 192 Å². The molecule has 0 amide bonds. The van der Waals surface area contributed by atoms with Crippen molar-refractivity contribution in [1.29, 1.82) is 0 Å². The number of aliphatic hydroxyl groups is 19. The Bertz CT molecular complexity index is 3720. The minimum Gasteiger partial charge on any atom is -0.497 e. The van der Waals surface area contributed by atoms with Crippen LogP contribution in [0.2, 0.25) is 0 Å². The monoisotopic (exact) mass is 1700 g/mol. The van der Waals surface area contributed by atoms with E-state index in [9.17, 15) is 112 Å². The SMILES string of the molecule is COc1ccc(/C=C/C(=O)O[C@@H]2[C@H](O[C@@H]3O[C@@H](C)[C@H](O)[C@@H](O)[C@H]3O)[C@@H](O[C@@H]3O[C@@H](C)[C@H](O[C@@H]4OC[C@@H](O[C@@H]5O[C@H](CO)[C@H](O)[C@H](O)[C@H]5O)[C@H](O)[C@H]4O)[C@@H](O[C@H]4OC[C@](O)(CO)[C@H]4O)[C@H]3O)[C@H](OC(=O)[C@]34CCC(C)(C)C[C@@H]3C3=CC[C@@H]5[C@@]6(C)C[C@H](O[C@@H]7O[C@H](CO)[C@@H](O)[C@H](O)[C@H]7O)[C@H](O)[C@@](C)(C(=O)O)[C@@H]6CC[C@@]5(C)[C@]3(CO)CC4)O[C@@H]2C)cc1. The van der Waals surface area contributed by atoms with Crippen molar-refractivity contribution in [3.05, 3.63) is 47.6 Å². The Morgan fingerprint density at radius 2 is 1.05 bits per heavy atom. The average Bonchev–Trinajstić information content (AvgIpc) is 0.915. The largest absolute Gasteiger partial charge is 0.497 e. The summed E-state index contributed by atoms with van der Waals surface area (Å²) in [6, 6.07) is 6.56. The lowest BCUT2D eigenvalue weighted by Gasteiger charge is -2.71. The number of hydrogen-bond acceptors (Lipinski definition) is 38. The number of ether oxygens (including phenoxy) is 16. The molecule has 39 nitrogen and oxygen atoms in total. The second kappa shape index (κ2) is 35.5. The maximum atomic E-state index is 16.7. The molecule has 7 saturated heterocycles. The molecule has 39 heteroatoms. The minimum atomic E-state index is -2.37. The number of rotatable bonds is 23. The molecule has 4 saturated carbocycles. The summed E-state index contributed by atoms with van der Waals surface area (Å²) in [5.41, 5.74) is -8.20. The third-order valence-corrected chi connectivity index (χ3v) is 28.8. The number of aliphatic hydroxyl groups excluding tert-OH is 18. The molecule has 0 unspecified atom stereocenters. The van der Waals surface area contributed by atoms with Gasteiger partial charge in [0.25, 0.3) is 0 Å². The number of carbonyl (C=O) groups is 3. The van der Waals surface area contributed by atoms with E-state index in [1.165, 1.54) is 40.9 Å². The Labute approximate surface area is 685 Å². The molecule has 0 bridgehead atoms. The zero-order chi connectivity index (χ0) is 86.6. The standard InChI is InChI=1S/C80H120O39/c1-32-46(86)50(90)54(94)66(107-32)117-61-59(114-45(85)17-12-35-10-13-36(104-9)14-11-35)34(3)109-70(62(61)118-69-57(97)60(116-71-64(99)80(103,30-84)31-106-71)58(33(2)108-69)115-65-53(93)49(89)42(28-105-65)113-68-56(96)52(92)48(88)41(27-82)112-68)119-73(102)78-21-20-74(4,5)24-38(78)37-15-16-43-75(6)25-39(110-67-55(95)51(91)47(87)40(26-81)111-67)63(98)77(8,72(100)101)44(75)18-19-76(43,7)79(37,29-83)23-22-78/h10-15,17,32-34,38-44,46-71,81-84,86-99,103H,16,18-31H2,1-9H3,(H,100,101)/b17-12+/t32-,33-,34+,38+,39-,40+,41+,42+,43+,44+,46-,47+,48-,49-,50+,51-,52-,53+,54+,55+,56+,57+,58-,59-,60-,61-,62+,63-,64-,65-,66-,67+,68-,69-,70-,71+,75+,76+,77-,78-,79-,80+/m0/s1. The first kappa shape index (κ1) is 92.3. The van der Waals surface area contributed by atoms with E-state index in [-0.39, 0.29) is 38.5 Å². The first-order valence-corrected chi connectivity index (χ1v) is 40.9. The van der Waals surface area contributed by atoms with E-state index in [1.54, 1.807) is 24.3 Å². The van der Waals surface area contributed by atoms with E-state index in [4.69, 9.17) is 75.8 Å². The van der Waals surface area contributed by atoms with Crippen LogP contribution in [-0.2, 0) is 85.4 Å². The number of allylic oxidation sites excluding steroid dienone is 1. The number of aliphatic carboxylic acids is 1. The lowest BCUT2D eigenvalue weighted by Crippen LogP contribution is -2.70. The van der Waals surface area contributed by atoms with Gasteiger partial charge >= 0.3 is 17.9 Å². The van der Waals surface area contributed by atoms with Gasteiger partial charge < -0.3 is 178 Å². The van der Waals surface area contributed by atoms with Gasteiger partial charge in [-0.1, -0.05) is 51.5 Å². The second-order valence-electron chi connectivity index (χ2n) is 36.2. The molecule has 0 radical (unpaired) electrons. The van der Waals surface area contributed by atoms with Crippen molar-refractivity contribution in [1.82, 2.24) is 0 Å². The average molecular weight is 1710 g/mol. The number of carbonyl (C=O) groups excluding carboxylic acids is 2. The van der Waals surface area contributed by atoms with E-state index in [2.05, 4.69) is 6.92 Å².